The van der Waals surface area contributed by atoms with Gasteiger partial charge in [-0.25, -0.2) is 4.68 Å². The number of nitrogens with zero attached hydrogens (tertiary/aromatic N) is 2. The summed E-state index contributed by atoms with van der Waals surface area (Å²) in [5, 5.41) is 14.9. The minimum absolute atomic E-state index is 0. The number of hydrogen-bond acceptors (Lipinski definition) is 4. The second kappa shape index (κ2) is 7.97. The quantitative estimate of drug-likeness (QED) is 0.547. The third-order valence-electron chi connectivity index (χ3n) is 3.10. The van der Waals surface area contributed by atoms with Crippen molar-refractivity contribution in [1.29, 1.82) is 0 Å². The number of aliphatic carboxylic acids is 1. The molecule has 2 aromatic carbocycles. The first kappa shape index (κ1) is 17.3. The van der Waals surface area contributed by atoms with E-state index in [0.29, 0.717) is 0 Å². The predicted octanol–water partition coefficient (Wildman–Crippen LogP) is -1.33. The molecule has 5 nitrogen and oxygen atoms in total. The van der Waals surface area contributed by atoms with Crippen molar-refractivity contribution in [1.82, 2.24) is 9.78 Å². The first-order valence-electron chi connectivity index (χ1n) is 6.77. The van der Waals surface area contributed by atoms with Gasteiger partial charge in [0.2, 0.25) is 5.88 Å². The summed E-state index contributed by atoms with van der Waals surface area (Å²) in [7, 11) is 0. The van der Waals surface area contributed by atoms with Gasteiger partial charge in [-0.15, -0.1) is 5.10 Å². The number of carbonyl (C=O) groups is 1. The van der Waals surface area contributed by atoms with Crippen LogP contribution in [-0.4, -0.2) is 22.4 Å². The Morgan fingerprint density at radius 3 is 2.26 bits per heavy atom. The molecule has 0 amide bonds. The minimum atomic E-state index is -1.28. The van der Waals surface area contributed by atoms with E-state index in [1.165, 1.54) is 0 Å². The molecule has 0 N–H and O–H groups in total. The van der Waals surface area contributed by atoms with Gasteiger partial charge in [-0.3, -0.25) is 0 Å². The van der Waals surface area contributed by atoms with Crippen molar-refractivity contribution in [2.24, 2.45) is 0 Å². The van der Waals surface area contributed by atoms with Crippen LogP contribution in [0.25, 0.3) is 16.9 Å². The number of ether oxygens (including phenoxy) is 1. The Kier molecular flexibility index (Phi) is 5.98. The standard InChI is InChI=1S/C17H14N2O3.Na/c20-17(21)12-22-16-11-15(13-7-3-1-4-8-13)19(18-16)14-9-5-2-6-10-14;/h1-11H,12H2,(H,20,21);/q;+1/p-1. The number of carbonyl (C=O) groups excluding carboxylic acids is 1. The average Bonchev–Trinajstić information content (AvgIpc) is 2.99. The van der Waals surface area contributed by atoms with Gasteiger partial charge in [-0.2, -0.15) is 0 Å². The fraction of sp³-hybridized carbons (Fsp3) is 0.0588. The molecule has 1 aromatic heterocycles. The van der Waals surface area contributed by atoms with Gasteiger partial charge in [0.25, 0.3) is 0 Å². The van der Waals surface area contributed by atoms with E-state index in [1.807, 2.05) is 60.7 Å². The molecule has 0 fully saturated rings. The summed E-state index contributed by atoms with van der Waals surface area (Å²) in [5.74, 6) is -1.04. The number of aromatic nitrogens is 2. The maximum absolute atomic E-state index is 10.5. The van der Waals surface area contributed by atoms with E-state index in [1.54, 1.807) is 10.7 Å². The molecular formula is C17H13N2NaO3. The molecule has 0 aliphatic heterocycles. The van der Waals surface area contributed by atoms with Gasteiger partial charge < -0.3 is 14.6 Å². The average molecular weight is 316 g/mol. The first-order valence-corrected chi connectivity index (χ1v) is 6.77. The molecule has 0 atom stereocenters. The molecule has 0 saturated heterocycles. The van der Waals surface area contributed by atoms with E-state index in [2.05, 4.69) is 5.10 Å². The summed E-state index contributed by atoms with van der Waals surface area (Å²) in [6, 6.07) is 21.0. The fourth-order valence-electron chi connectivity index (χ4n) is 2.14. The van der Waals surface area contributed by atoms with Crippen LogP contribution >= 0.6 is 0 Å². The van der Waals surface area contributed by atoms with Gasteiger partial charge in [0.1, 0.15) is 6.61 Å². The summed E-state index contributed by atoms with van der Waals surface area (Å²) in [6.45, 7) is -0.528. The molecule has 6 heteroatoms. The maximum atomic E-state index is 10.5. The van der Waals surface area contributed by atoms with Crippen molar-refractivity contribution < 1.29 is 44.2 Å². The third kappa shape index (κ3) is 4.22. The topological polar surface area (TPSA) is 67.2 Å². The van der Waals surface area contributed by atoms with Crippen LogP contribution in [0, 0.1) is 0 Å². The Bertz CT molecular complexity index is 716. The first-order chi connectivity index (χ1) is 10.7. The van der Waals surface area contributed by atoms with Crippen LogP contribution < -0.4 is 39.4 Å². The van der Waals surface area contributed by atoms with Crippen molar-refractivity contribution in [3.63, 3.8) is 0 Å². The smallest absolute Gasteiger partial charge is 0.546 e. The molecule has 0 aliphatic carbocycles. The normalized spacial score (nSPS) is 9.91. The van der Waals surface area contributed by atoms with Gasteiger partial charge in [0.15, 0.2) is 0 Å². The summed E-state index contributed by atoms with van der Waals surface area (Å²) in [5.41, 5.74) is 2.65. The Hall–Kier alpha value is -2.08. The van der Waals surface area contributed by atoms with E-state index >= 15 is 0 Å². The zero-order chi connectivity index (χ0) is 15.4. The molecule has 1 heterocycles. The van der Waals surface area contributed by atoms with Crippen LogP contribution in [-0.2, 0) is 4.79 Å². The number of carboxylic acid groups (broad SMARTS) is 1. The zero-order valence-electron chi connectivity index (χ0n) is 12.7. The molecule has 0 radical (unpaired) electrons. The molecule has 3 rings (SSSR count). The molecule has 0 spiro atoms. The molecule has 0 aliphatic rings. The van der Waals surface area contributed by atoms with Gasteiger partial charge in [-0.1, -0.05) is 48.5 Å². The largest absolute Gasteiger partial charge is 1.00 e. The Morgan fingerprint density at radius 2 is 1.65 bits per heavy atom. The molecule has 3 aromatic rings. The summed E-state index contributed by atoms with van der Waals surface area (Å²) in [4.78, 5) is 10.5. The van der Waals surface area contributed by atoms with Gasteiger partial charge in [-0.05, 0) is 12.1 Å². The summed E-state index contributed by atoms with van der Waals surface area (Å²) < 4.78 is 6.86. The SMILES string of the molecule is O=C([O-])COc1cc(-c2ccccc2)n(-c2ccccc2)n1.[Na+]. The van der Waals surface area contributed by atoms with Gasteiger partial charge in [0.05, 0.1) is 17.4 Å². The van der Waals surface area contributed by atoms with Crippen LogP contribution in [0.4, 0.5) is 0 Å². The van der Waals surface area contributed by atoms with Crippen molar-refractivity contribution in [3.05, 3.63) is 66.7 Å². The van der Waals surface area contributed by atoms with E-state index in [0.717, 1.165) is 16.9 Å². The molecule has 23 heavy (non-hydrogen) atoms. The van der Waals surface area contributed by atoms with Gasteiger partial charge >= 0.3 is 29.6 Å². The molecule has 110 valence electrons. The van der Waals surface area contributed by atoms with Crippen molar-refractivity contribution in [2.45, 2.75) is 0 Å². The zero-order valence-corrected chi connectivity index (χ0v) is 14.7. The predicted molar refractivity (Wildman–Crippen MR) is 79.5 cm³/mol. The van der Waals surface area contributed by atoms with Crippen molar-refractivity contribution in [2.75, 3.05) is 6.61 Å². The van der Waals surface area contributed by atoms with E-state index in [4.69, 9.17) is 4.74 Å². The van der Waals surface area contributed by atoms with Crippen LogP contribution in [0.15, 0.2) is 66.7 Å². The maximum Gasteiger partial charge on any atom is 1.00 e. The number of benzene rings is 2. The van der Waals surface area contributed by atoms with Crippen LogP contribution in [0.3, 0.4) is 0 Å². The molecule has 0 bridgehead atoms. The van der Waals surface area contributed by atoms with Crippen LogP contribution in [0.1, 0.15) is 0 Å². The summed E-state index contributed by atoms with van der Waals surface area (Å²) in [6.07, 6.45) is 0. The number of hydrogen-bond donors (Lipinski definition) is 0. The fourth-order valence-corrected chi connectivity index (χ4v) is 2.14. The molecule has 0 saturated carbocycles. The molecule has 0 unspecified atom stereocenters. The second-order valence-corrected chi connectivity index (χ2v) is 4.64. The van der Waals surface area contributed by atoms with Crippen LogP contribution in [0.5, 0.6) is 5.88 Å². The number of carboxylic acids is 1. The number of para-hydroxylation sites is 1. The van der Waals surface area contributed by atoms with E-state index in [-0.39, 0.29) is 35.4 Å². The summed E-state index contributed by atoms with van der Waals surface area (Å²) >= 11 is 0. The number of rotatable bonds is 5. The Morgan fingerprint density at radius 1 is 1.04 bits per heavy atom. The minimum Gasteiger partial charge on any atom is -0.546 e. The van der Waals surface area contributed by atoms with E-state index < -0.39 is 12.6 Å². The van der Waals surface area contributed by atoms with Crippen LogP contribution in [0.2, 0.25) is 0 Å². The van der Waals surface area contributed by atoms with Gasteiger partial charge in [0, 0.05) is 11.6 Å². The Balaban J connectivity index is 0.00000192. The third-order valence-corrected chi connectivity index (χ3v) is 3.10. The van der Waals surface area contributed by atoms with E-state index in [9.17, 15) is 9.90 Å². The Labute approximate surface area is 155 Å². The van der Waals surface area contributed by atoms with Crippen molar-refractivity contribution in [3.8, 4) is 22.8 Å². The monoisotopic (exact) mass is 316 g/mol. The second-order valence-electron chi connectivity index (χ2n) is 4.64. The van der Waals surface area contributed by atoms with Crippen molar-refractivity contribution >= 4 is 5.97 Å². The molecular weight excluding hydrogens is 303 g/mol.